The highest BCUT2D eigenvalue weighted by atomic mass is 35.5. The first-order valence-corrected chi connectivity index (χ1v) is 10.1. The van der Waals surface area contributed by atoms with Crippen molar-refractivity contribution < 1.29 is 14.3 Å². The summed E-state index contributed by atoms with van der Waals surface area (Å²) in [6.07, 6.45) is 0.163. The fraction of sp³-hybridized carbons (Fsp3) is 0.190. The number of amides is 2. The van der Waals surface area contributed by atoms with E-state index in [1.165, 1.54) is 16.2 Å². The van der Waals surface area contributed by atoms with E-state index in [0.29, 0.717) is 34.3 Å². The third-order valence-electron chi connectivity index (χ3n) is 3.94. The van der Waals surface area contributed by atoms with E-state index in [1.807, 2.05) is 5.38 Å². The zero-order valence-electron chi connectivity index (χ0n) is 16.0. The monoisotopic (exact) mass is 429 g/mol. The van der Waals surface area contributed by atoms with Gasteiger partial charge in [-0.25, -0.2) is 4.98 Å². The molecule has 3 aromatic rings. The normalized spacial score (nSPS) is 10.4. The van der Waals surface area contributed by atoms with Crippen molar-refractivity contribution >= 4 is 40.4 Å². The van der Waals surface area contributed by atoms with E-state index in [1.54, 1.807) is 62.6 Å². The first-order valence-electron chi connectivity index (χ1n) is 8.84. The van der Waals surface area contributed by atoms with E-state index < -0.39 is 0 Å². The van der Waals surface area contributed by atoms with Crippen molar-refractivity contribution in [3.05, 3.63) is 75.2 Å². The molecule has 0 unspecified atom stereocenters. The van der Waals surface area contributed by atoms with E-state index in [4.69, 9.17) is 16.3 Å². The molecule has 1 N–H and O–H groups in total. The number of hydrogen-bond donors (Lipinski definition) is 1. The van der Waals surface area contributed by atoms with Crippen LogP contribution in [0.15, 0.2) is 53.9 Å². The smallest absolute Gasteiger partial charge is 0.253 e. The van der Waals surface area contributed by atoms with Crippen LogP contribution in [0, 0.1) is 0 Å². The molecule has 0 saturated carbocycles. The van der Waals surface area contributed by atoms with Crippen molar-refractivity contribution in [3.8, 4) is 5.75 Å². The summed E-state index contributed by atoms with van der Waals surface area (Å²) in [5.74, 6) is 0.450. The number of rotatable bonds is 7. The maximum atomic E-state index is 12.3. The molecule has 6 nitrogen and oxygen atoms in total. The van der Waals surface area contributed by atoms with Gasteiger partial charge in [-0.3, -0.25) is 9.59 Å². The van der Waals surface area contributed by atoms with Crippen molar-refractivity contribution in [3.63, 3.8) is 0 Å². The summed E-state index contributed by atoms with van der Waals surface area (Å²) in [5.41, 5.74) is 1.88. The quantitative estimate of drug-likeness (QED) is 0.609. The summed E-state index contributed by atoms with van der Waals surface area (Å²) in [6, 6.07) is 13.9. The van der Waals surface area contributed by atoms with Gasteiger partial charge in [0.05, 0.1) is 12.1 Å². The summed E-state index contributed by atoms with van der Waals surface area (Å²) in [6.45, 7) is 0.329. The fourth-order valence-electron chi connectivity index (χ4n) is 2.50. The molecular weight excluding hydrogens is 410 g/mol. The van der Waals surface area contributed by atoms with E-state index in [-0.39, 0.29) is 18.2 Å². The first-order chi connectivity index (χ1) is 13.9. The van der Waals surface area contributed by atoms with E-state index in [9.17, 15) is 9.59 Å². The van der Waals surface area contributed by atoms with E-state index >= 15 is 0 Å². The molecular formula is C21H20ClN3O3S. The lowest BCUT2D eigenvalue weighted by atomic mass is 10.2. The van der Waals surface area contributed by atoms with Gasteiger partial charge in [-0.1, -0.05) is 11.6 Å². The number of aromatic nitrogens is 1. The number of anilines is 1. The molecule has 0 aliphatic heterocycles. The minimum Gasteiger partial charge on any atom is -0.486 e. The Balaban J connectivity index is 1.50. The summed E-state index contributed by atoms with van der Waals surface area (Å²) in [5, 5.41) is 6.10. The molecule has 1 aromatic heterocycles. The van der Waals surface area contributed by atoms with Crippen molar-refractivity contribution in [1.82, 2.24) is 9.88 Å². The largest absolute Gasteiger partial charge is 0.486 e. The highest BCUT2D eigenvalue weighted by Gasteiger charge is 2.11. The SMILES string of the molecule is CN(C)C(=O)c1ccc(NC(=O)Cc2csc(COc3ccc(Cl)cc3)n2)cc1. The molecule has 0 radical (unpaired) electrons. The Morgan fingerprint density at radius 1 is 1.10 bits per heavy atom. The van der Waals surface area contributed by atoms with Gasteiger partial charge in [-0.2, -0.15) is 0 Å². The Hall–Kier alpha value is -2.90. The summed E-state index contributed by atoms with van der Waals surface area (Å²) in [7, 11) is 3.39. The predicted octanol–water partition coefficient (Wildman–Crippen LogP) is 4.26. The number of nitrogens with one attached hydrogen (secondary N) is 1. The molecule has 3 rings (SSSR count). The molecule has 0 saturated heterocycles. The Kier molecular flexibility index (Phi) is 6.85. The third kappa shape index (κ3) is 6.04. The number of thiazole rings is 1. The zero-order chi connectivity index (χ0) is 20.8. The van der Waals surface area contributed by atoms with Gasteiger partial charge in [0.1, 0.15) is 17.4 Å². The molecule has 0 fully saturated rings. The predicted molar refractivity (Wildman–Crippen MR) is 115 cm³/mol. The van der Waals surface area contributed by atoms with Gasteiger partial charge in [0.2, 0.25) is 5.91 Å². The third-order valence-corrected chi connectivity index (χ3v) is 5.06. The van der Waals surface area contributed by atoms with Crippen LogP contribution in [0.3, 0.4) is 0 Å². The Labute approximate surface area is 178 Å². The van der Waals surface area contributed by atoms with Crippen LogP contribution in [-0.2, 0) is 17.8 Å². The Bertz CT molecular complexity index is 985. The van der Waals surface area contributed by atoms with Crippen LogP contribution < -0.4 is 10.1 Å². The van der Waals surface area contributed by atoms with Crippen molar-refractivity contribution in [1.29, 1.82) is 0 Å². The zero-order valence-corrected chi connectivity index (χ0v) is 17.6. The Morgan fingerprint density at radius 2 is 1.79 bits per heavy atom. The van der Waals surface area contributed by atoms with Gasteiger partial charge in [0, 0.05) is 35.7 Å². The fourth-order valence-corrected chi connectivity index (χ4v) is 3.33. The van der Waals surface area contributed by atoms with Crippen LogP contribution in [0.5, 0.6) is 5.75 Å². The average Bonchev–Trinajstić information content (AvgIpc) is 3.14. The first kappa shape index (κ1) is 20.8. The summed E-state index contributed by atoms with van der Waals surface area (Å²) in [4.78, 5) is 30.1. The van der Waals surface area contributed by atoms with Gasteiger partial charge in [0.25, 0.3) is 5.91 Å². The average molecular weight is 430 g/mol. The van der Waals surface area contributed by atoms with E-state index in [2.05, 4.69) is 10.3 Å². The van der Waals surface area contributed by atoms with Crippen LogP contribution in [0.25, 0.3) is 0 Å². The lowest BCUT2D eigenvalue weighted by Gasteiger charge is -2.10. The molecule has 0 atom stereocenters. The topological polar surface area (TPSA) is 71.5 Å². The van der Waals surface area contributed by atoms with Crippen LogP contribution in [0.2, 0.25) is 5.02 Å². The van der Waals surface area contributed by atoms with Gasteiger partial charge >= 0.3 is 0 Å². The van der Waals surface area contributed by atoms with Gasteiger partial charge in [0.15, 0.2) is 0 Å². The molecule has 0 aliphatic rings. The molecule has 0 spiro atoms. The van der Waals surface area contributed by atoms with Crippen LogP contribution >= 0.6 is 22.9 Å². The standard InChI is InChI=1S/C21H20ClN3O3S/c1-25(2)21(27)14-3-7-16(8-4-14)23-19(26)11-17-13-29-20(24-17)12-28-18-9-5-15(22)6-10-18/h3-10,13H,11-12H2,1-2H3,(H,23,26). The minimum absolute atomic E-state index is 0.0845. The molecule has 2 aromatic carbocycles. The Morgan fingerprint density at radius 3 is 2.45 bits per heavy atom. The summed E-state index contributed by atoms with van der Waals surface area (Å²) >= 11 is 7.30. The molecule has 150 valence electrons. The lowest BCUT2D eigenvalue weighted by molar-refractivity contribution is -0.115. The van der Waals surface area contributed by atoms with Gasteiger partial charge in [-0.05, 0) is 48.5 Å². The second-order valence-electron chi connectivity index (χ2n) is 6.48. The van der Waals surface area contributed by atoms with Gasteiger partial charge < -0.3 is 15.0 Å². The number of nitrogens with zero attached hydrogens (tertiary/aromatic N) is 2. The molecule has 2 amide bonds. The number of halogens is 1. The molecule has 0 bridgehead atoms. The van der Waals surface area contributed by atoms with Gasteiger partial charge in [-0.15, -0.1) is 11.3 Å². The minimum atomic E-state index is -0.174. The molecule has 8 heteroatoms. The number of carbonyl (C=O) groups is 2. The number of hydrogen-bond acceptors (Lipinski definition) is 5. The van der Waals surface area contributed by atoms with Crippen LogP contribution in [-0.4, -0.2) is 35.8 Å². The second kappa shape index (κ2) is 9.54. The molecule has 1 heterocycles. The highest BCUT2D eigenvalue weighted by molar-refractivity contribution is 7.09. The number of ether oxygens (including phenoxy) is 1. The van der Waals surface area contributed by atoms with E-state index in [0.717, 1.165) is 5.01 Å². The lowest BCUT2D eigenvalue weighted by Crippen LogP contribution is -2.21. The molecule has 29 heavy (non-hydrogen) atoms. The van der Waals surface area contributed by atoms with Crippen molar-refractivity contribution in [2.45, 2.75) is 13.0 Å². The van der Waals surface area contributed by atoms with Crippen molar-refractivity contribution in [2.24, 2.45) is 0 Å². The maximum absolute atomic E-state index is 12.3. The number of carbonyl (C=O) groups excluding carboxylic acids is 2. The van der Waals surface area contributed by atoms with Crippen LogP contribution in [0.1, 0.15) is 21.1 Å². The highest BCUT2D eigenvalue weighted by Crippen LogP contribution is 2.19. The molecule has 0 aliphatic carbocycles. The maximum Gasteiger partial charge on any atom is 0.253 e. The second-order valence-corrected chi connectivity index (χ2v) is 7.86. The van der Waals surface area contributed by atoms with Crippen LogP contribution in [0.4, 0.5) is 5.69 Å². The number of benzene rings is 2. The summed E-state index contributed by atoms with van der Waals surface area (Å²) < 4.78 is 5.67. The van der Waals surface area contributed by atoms with Crippen molar-refractivity contribution in [2.75, 3.05) is 19.4 Å².